The van der Waals surface area contributed by atoms with E-state index in [1.54, 1.807) is 34.8 Å². The van der Waals surface area contributed by atoms with E-state index in [0.29, 0.717) is 6.61 Å². The highest BCUT2D eigenvalue weighted by Crippen LogP contribution is 2.35. The molecule has 0 saturated heterocycles. The summed E-state index contributed by atoms with van der Waals surface area (Å²) in [6.45, 7) is 0.568. The van der Waals surface area contributed by atoms with Crippen molar-refractivity contribution >= 4 is 33.3 Å². The summed E-state index contributed by atoms with van der Waals surface area (Å²) in [5.74, 6) is 2.28. The first-order valence-electron chi connectivity index (χ1n) is 11.3. The van der Waals surface area contributed by atoms with Crippen LogP contribution in [0.2, 0.25) is 0 Å². The number of nitrogens with zero attached hydrogens (tertiary/aromatic N) is 2. The predicted molar refractivity (Wildman–Crippen MR) is 136 cm³/mol. The summed E-state index contributed by atoms with van der Waals surface area (Å²) < 4.78 is 13.0. The monoisotopic (exact) mass is 478 g/mol. The third kappa shape index (κ3) is 4.52. The van der Waals surface area contributed by atoms with Crippen molar-refractivity contribution in [3.8, 4) is 17.2 Å². The second kappa shape index (κ2) is 10.0. The van der Waals surface area contributed by atoms with Crippen LogP contribution < -0.4 is 15.0 Å². The fourth-order valence-electron chi connectivity index (χ4n) is 4.23. The van der Waals surface area contributed by atoms with E-state index in [1.807, 2.05) is 54.6 Å². The van der Waals surface area contributed by atoms with Crippen LogP contribution in [0.5, 0.6) is 11.5 Å². The van der Waals surface area contributed by atoms with Crippen LogP contribution in [0.1, 0.15) is 29.7 Å². The highest BCUT2D eigenvalue weighted by molar-refractivity contribution is 7.99. The molecule has 0 spiro atoms. The molecule has 1 aliphatic rings. The molecular formula is C26H26N2O3S2. The van der Waals surface area contributed by atoms with Gasteiger partial charge >= 0.3 is 0 Å². The number of thiophene rings is 1. The summed E-state index contributed by atoms with van der Waals surface area (Å²) in [5.41, 5.74) is 2.14. The number of hydrogen-bond donors (Lipinski definition) is 0. The molecule has 7 heteroatoms. The minimum absolute atomic E-state index is 0.0540. The minimum Gasteiger partial charge on any atom is -0.493 e. The second-order valence-corrected chi connectivity index (χ2v) is 10.1. The number of hydrogen-bond acceptors (Lipinski definition) is 6. The standard InChI is InChI=1S/C26H26N2O3S2/c1-30-20-13-6-7-14-21(20)31-16-9-17-32-26-27-24-23(19-12-5-8-15-22(19)33-24)25(29)28(26)18-10-3-2-4-11-18/h2-4,6-7,10-11,13-14H,5,8-9,12,15-17H2,1H3. The zero-order valence-corrected chi connectivity index (χ0v) is 20.2. The van der Waals surface area contributed by atoms with E-state index < -0.39 is 0 Å². The van der Waals surface area contributed by atoms with Crippen molar-refractivity contribution in [3.05, 3.63) is 75.4 Å². The minimum atomic E-state index is 0.0540. The maximum absolute atomic E-state index is 13.7. The lowest BCUT2D eigenvalue weighted by Gasteiger charge is -2.14. The molecule has 0 radical (unpaired) electrons. The molecule has 33 heavy (non-hydrogen) atoms. The normalized spacial score (nSPS) is 13.1. The molecule has 0 bridgehead atoms. The molecule has 5 nitrogen and oxygen atoms in total. The van der Waals surface area contributed by atoms with E-state index in [1.165, 1.54) is 16.9 Å². The smallest absolute Gasteiger partial charge is 0.267 e. The molecule has 1 aliphatic carbocycles. The molecule has 2 aromatic heterocycles. The average Bonchev–Trinajstić information content (AvgIpc) is 3.23. The van der Waals surface area contributed by atoms with Gasteiger partial charge in [0.2, 0.25) is 0 Å². The van der Waals surface area contributed by atoms with Gasteiger partial charge in [-0.15, -0.1) is 11.3 Å². The van der Waals surface area contributed by atoms with Crippen molar-refractivity contribution < 1.29 is 9.47 Å². The van der Waals surface area contributed by atoms with Crippen LogP contribution in [-0.4, -0.2) is 29.0 Å². The molecular weight excluding hydrogens is 452 g/mol. The second-order valence-electron chi connectivity index (χ2n) is 7.96. The summed E-state index contributed by atoms with van der Waals surface area (Å²) >= 11 is 3.31. The van der Waals surface area contributed by atoms with Gasteiger partial charge in [0.15, 0.2) is 16.7 Å². The van der Waals surface area contributed by atoms with Gasteiger partial charge in [0.25, 0.3) is 5.56 Å². The quantitative estimate of drug-likeness (QED) is 0.179. The van der Waals surface area contributed by atoms with Crippen molar-refractivity contribution in [1.82, 2.24) is 9.55 Å². The maximum atomic E-state index is 13.7. The van der Waals surface area contributed by atoms with Crippen molar-refractivity contribution in [3.63, 3.8) is 0 Å². The number of methoxy groups -OCH3 is 1. The number of aryl methyl sites for hydroxylation is 2. The molecule has 0 aliphatic heterocycles. The van der Waals surface area contributed by atoms with Gasteiger partial charge in [-0.3, -0.25) is 9.36 Å². The van der Waals surface area contributed by atoms with Gasteiger partial charge in [-0.2, -0.15) is 0 Å². The van der Waals surface area contributed by atoms with Crippen molar-refractivity contribution in [1.29, 1.82) is 0 Å². The van der Waals surface area contributed by atoms with Crippen molar-refractivity contribution in [2.45, 2.75) is 37.3 Å². The van der Waals surface area contributed by atoms with Crippen LogP contribution in [0, 0.1) is 0 Å². The molecule has 0 fully saturated rings. The van der Waals surface area contributed by atoms with E-state index in [-0.39, 0.29) is 5.56 Å². The van der Waals surface area contributed by atoms with Gasteiger partial charge in [-0.05, 0) is 61.9 Å². The Bertz CT molecular complexity index is 1310. The summed E-state index contributed by atoms with van der Waals surface area (Å²) in [7, 11) is 1.64. The molecule has 2 aromatic carbocycles. The van der Waals surface area contributed by atoms with E-state index in [9.17, 15) is 4.79 Å². The summed E-state index contributed by atoms with van der Waals surface area (Å²) in [6, 6.07) is 17.5. The fraction of sp³-hybridized carbons (Fsp3) is 0.308. The zero-order chi connectivity index (χ0) is 22.6. The first kappa shape index (κ1) is 22.0. The molecule has 0 amide bonds. The predicted octanol–water partition coefficient (Wildman–Crippen LogP) is 5.90. The van der Waals surface area contributed by atoms with Crippen LogP contribution in [0.4, 0.5) is 0 Å². The largest absolute Gasteiger partial charge is 0.493 e. The Kier molecular flexibility index (Phi) is 6.69. The summed E-state index contributed by atoms with van der Waals surface area (Å²) in [5, 5.41) is 1.57. The van der Waals surface area contributed by atoms with E-state index >= 15 is 0 Å². The van der Waals surface area contributed by atoms with Crippen LogP contribution >= 0.6 is 23.1 Å². The van der Waals surface area contributed by atoms with Crippen LogP contribution in [0.25, 0.3) is 15.9 Å². The highest BCUT2D eigenvalue weighted by atomic mass is 32.2. The Morgan fingerprint density at radius 2 is 1.79 bits per heavy atom. The molecule has 2 heterocycles. The highest BCUT2D eigenvalue weighted by Gasteiger charge is 2.22. The first-order chi connectivity index (χ1) is 16.3. The SMILES string of the molecule is COc1ccccc1OCCCSc1nc2sc3c(c2c(=O)n1-c1ccccc1)CCCC3. The van der Waals surface area contributed by atoms with Gasteiger partial charge in [0, 0.05) is 10.6 Å². The van der Waals surface area contributed by atoms with Crippen LogP contribution in [0.3, 0.4) is 0 Å². The molecule has 170 valence electrons. The van der Waals surface area contributed by atoms with Crippen LogP contribution in [0.15, 0.2) is 64.5 Å². The number of rotatable bonds is 8. The Balaban J connectivity index is 1.39. The molecule has 5 rings (SSSR count). The summed E-state index contributed by atoms with van der Waals surface area (Å²) in [6.07, 6.45) is 5.21. The zero-order valence-electron chi connectivity index (χ0n) is 18.6. The van der Waals surface area contributed by atoms with Gasteiger partial charge in [0.05, 0.1) is 24.8 Å². The number of aromatic nitrogens is 2. The van der Waals surface area contributed by atoms with Gasteiger partial charge in [-0.1, -0.05) is 42.1 Å². The van der Waals surface area contributed by atoms with Crippen molar-refractivity contribution in [2.75, 3.05) is 19.5 Å². The number of thioether (sulfide) groups is 1. The molecule has 0 saturated carbocycles. The average molecular weight is 479 g/mol. The Morgan fingerprint density at radius 3 is 2.61 bits per heavy atom. The van der Waals surface area contributed by atoms with Gasteiger partial charge in [-0.25, -0.2) is 4.98 Å². The Morgan fingerprint density at radius 1 is 1.03 bits per heavy atom. The van der Waals surface area contributed by atoms with Crippen molar-refractivity contribution in [2.24, 2.45) is 0 Å². The van der Waals surface area contributed by atoms with E-state index in [2.05, 4.69) is 0 Å². The number of benzene rings is 2. The third-order valence-corrected chi connectivity index (χ3v) is 8.03. The lowest BCUT2D eigenvalue weighted by atomic mass is 9.97. The lowest BCUT2D eigenvalue weighted by molar-refractivity contribution is 0.295. The fourth-order valence-corrected chi connectivity index (χ4v) is 6.46. The van der Waals surface area contributed by atoms with E-state index in [0.717, 1.165) is 64.0 Å². The molecule has 0 atom stereocenters. The Labute approximate surface area is 201 Å². The van der Waals surface area contributed by atoms with E-state index in [4.69, 9.17) is 14.5 Å². The lowest BCUT2D eigenvalue weighted by Crippen LogP contribution is -2.22. The number of fused-ring (bicyclic) bond motifs is 3. The number of ether oxygens (including phenoxy) is 2. The summed E-state index contributed by atoms with van der Waals surface area (Å²) in [4.78, 5) is 20.9. The Hall–Kier alpha value is -2.77. The van der Waals surface area contributed by atoms with Gasteiger partial charge < -0.3 is 9.47 Å². The topological polar surface area (TPSA) is 53.4 Å². The first-order valence-corrected chi connectivity index (χ1v) is 13.1. The maximum Gasteiger partial charge on any atom is 0.267 e. The van der Waals surface area contributed by atoms with Gasteiger partial charge in [0.1, 0.15) is 4.83 Å². The number of para-hydroxylation sites is 3. The molecule has 4 aromatic rings. The molecule has 0 unspecified atom stereocenters. The van der Waals surface area contributed by atoms with Crippen LogP contribution in [-0.2, 0) is 12.8 Å². The molecule has 0 N–H and O–H groups in total. The third-order valence-electron chi connectivity index (χ3n) is 5.82.